The van der Waals surface area contributed by atoms with Gasteiger partial charge in [0.25, 0.3) is 0 Å². The molecule has 5 rings (SSSR count). The Morgan fingerprint density at radius 3 is 2.08 bits per heavy atom. The molecule has 7 nitrogen and oxygen atoms in total. The van der Waals surface area contributed by atoms with Gasteiger partial charge < -0.3 is 15.3 Å². The number of para-hydroxylation sites is 2. The van der Waals surface area contributed by atoms with Gasteiger partial charge >= 0.3 is 12.1 Å². The van der Waals surface area contributed by atoms with Gasteiger partial charge in [0, 0.05) is 48.8 Å². The zero-order chi connectivity index (χ0) is 25.9. The highest BCUT2D eigenvalue weighted by molar-refractivity contribution is 6.34. The second-order valence-corrected chi connectivity index (χ2v) is 9.52. The van der Waals surface area contributed by atoms with Crippen LogP contribution in [0.15, 0.2) is 42.5 Å². The van der Waals surface area contributed by atoms with Gasteiger partial charge in [0.1, 0.15) is 0 Å². The number of benzene rings is 2. The van der Waals surface area contributed by atoms with Gasteiger partial charge in [-0.05, 0) is 48.7 Å². The van der Waals surface area contributed by atoms with Gasteiger partial charge in [-0.3, -0.25) is 4.90 Å². The molecular weight excluding hydrogens is 518 g/mol. The number of anilines is 2. The van der Waals surface area contributed by atoms with Crippen molar-refractivity contribution in [3.63, 3.8) is 0 Å². The van der Waals surface area contributed by atoms with E-state index in [1.165, 1.54) is 12.8 Å². The summed E-state index contributed by atoms with van der Waals surface area (Å²) in [6.45, 7) is 4.61. The van der Waals surface area contributed by atoms with Gasteiger partial charge in [0.05, 0.1) is 11.0 Å². The molecule has 1 aliphatic heterocycles. The normalized spacial score (nSPS) is 16.4. The van der Waals surface area contributed by atoms with Crippen molar-refractivity contribution in [3.8, 4) is 0 Å². The molecule has 1 saturated heterocycles. The number of rotatable bonds is 5. The van der Waals surface area contributed by atoms with Crippen molar-refractivity contribution in [2.24, 2.45) is 0 Å². The zero-order valence-corrected chi connectivity index (χ0v) is 20.6. The quantitative estimate of drug-likeness (QED) is 0.443. The average Bonchev–Trinajstić information content (AvgIpc) is 3.62. The predicted molar refractivity (Wildman–Crippen MR) is 134 cm³/mol. The first-order chi connectivity index (χ1) is 17.1. The molecule has 12 heteroatoms. The van der Waals surface area contributed by atoms with E-state index >= 15 is 0 Å². The Hall–Kier alpha value is -2.82. The Morgan fingerprint density at radius 2 is 1.56 bits per heavy atom. The predicted octanol–water partition coefficient (Wildman–Crippen LogP) is 5.47. The standard InChI is InChI=1S/C22H23Cl2N5.C2HF3O2/c23-16-11-15(12-17(24)13-16)14-28-7-9-29(10-8-28)22-21(25-18-5-6-18)26-19-3-1-2-4-20(19)27-22;3-2(4,5)1(6)7/h1-4,11-13,18H,5-10,14H2,(H,25,26);(H,6,7). The van der Waals surface area contributed by atoms with Crippen LogP contribution in [0.2, 0.25) is 10.0 Å². The fourth-order valence-corrected chi connectivity index (χ4v) is 4.38. The summed E-state index contributed by atoms with van der Waals surface area (Å²) in [5, 5.41) is 12.1. The van der Waals surface area contributed by atoms with Crippen LogP contribution >= 0.6 is 23.2 Å². The molecule has 0 amide bonds. The number of carbonyl (C=O) groups is 1. The van der Waals surface area contributed by atoms with Crippen molar-refractivity contribution in [1.29, 1.82) is 0 Å². The summed E-state index contributed by atoms with van der Waals surface area (Å²) in [6, 6.07) is 14.4. The minimum Gasteiger partial charge on any atom is -0.475 e. The molecule has 1 aliphatic carbocycles. The van der Waals surface area contributed by atoms with Crippen molar-refractivity contribution in [1.82, 2.24) is 14.9 Å². The zero-order valence-electron chi connectivity index (χ0n) is 19.1. The lowest BCUT2D eigenvalue weighted by molar-refractivity contribution is -0.192. The van der Waals surface area contributed by atoms with Crippen LogP contribution in [0, 0.1) is 0 Å². The summed E-state index contributed by atoms with van der Waals surface area (Å²) in [5.41, 5.74) is 3.04. The first kappa shape index (κ1) is 26.2. The van der Waals surface area contributed by atoms with E-state index in [0.717, 1.165) is 61.0 Å². The van der Waals surface area contributed by atoms with E-state index in [0.29, 0.717) is 16.1 Å². The number of carboxylic acid groups (broad SMARTS) is 1. The highest BCUT2D eigenvalue weighted by Gasteiger charge is 2.38. The molecule has 2 aromatic carbocycles. The lowest BCUT2D eigenvalue weighted by Crippen LogP contribution is -2.46. The largest absolute Gasteiger partial charge is 0.490 e. The Kier molecular flexibility index (Phi) is 8.07. The van der Waals surface area contributed by atoms with Crippen LogP contribution < -0.4 is 10.2 Å². The van der Waals surface area contributed by atoms with Crippen LogP contribution in [0.3, 0.4) is 0 Å². The molecule has 2 fully saturated rings. The summed E-state index contributed by atoms with van der Waals surface area (Å²) in [6.07, 6.45) is -2.66. The molecule has 36 heavy (non-hydrogen) atoms. The Bertz CT molecular complexity index is 1210. The lowest BCUT2D eigenvalue weighted by atomic mass is 10.2. The SMILES string of the molecule is Clc1cc(Cl)cc(CN2CCN(c3nc4ccccc4nc3NC3CC3)CC2)c1.O=C(O)C(F)(F)F. The van der Waals surface area contributed by atoms with Crippen LogP contribution in [0.4, 0.5) is 24.8 Å². The Balaban J connectivity index is 0.000000384. The second kappa shape index (κ2) is 11.1. The van der Waals surface area contributed by atoms with Gasteiger partial charge in [-0.1, -0.05) is 35.3 Å². The molecule has 3 aromatic rings. The number of hydrogen-bond donors (Lipinski definition) is 2. The first-order valence-electron chi connectivity index (χ1n) is 11.3. The topological polar surface area (TPSA) is 81.6 Å². The number of carboxylic acids is 1. The number of alkyl halides is 3. The maximum Gasteiger partial charge on any atom is 0.490 e. The van der Waals surface area contributed by atoms with Gasteiger partial charge in [-0.2, -0.15) is 13.2 Å². The van der Waals surface area contributed by atoms with E-state index in [1.54, 1.807) is 6.07 Å². The molecule has 0 spiro atoms. The number of piperazine rings is 1. The molecular formula is C24H24Cl2F3N5O2. The van der Waals surface area contributed by atoms with Crippen LogP contribution in [-0.2, 0) is 11.3 Å². The molecule has 192 valence electrons. The highest BCUT2D eigenvalue weighted by Crippen LogP contribution is 2.31. The number of aromatic nitrogens is 2. The maximum absolute atomic E-state index is 10.6. The van der Waals surface area contributed by atoms with Crippen LogP contribution in [0.1, 0.15) is 18.4 Å². The minimum absolute atomic E-state index is 0.540. The number of halogens is 5. The minimum atomic E-state index is -5.08. The summed E-state index contributed by atoms with van der Waals surface area (Å²) in [5.74, 6) is -0.866. The first-order valence-corrected chi connectivity index (χ1v) is 12.1. The summed E-state index contributed by atoms with van der Waals surface area (Å²) >= 11 is 12.3. The summed E-state index contributed by atoms with van der Waals surface area (Å²) < 4.78 is 31.7. The van der Waals surface area contributed by atoms with E-state index in [1.807, 2.05) is 36.4 Å². The molecule has 0 radical (unpaired) electrons. The molecule has 2 heterocycles. The third-order valence-corrected chi connectivity index (χ3v) is 6.15. The fourth-order valence-electron chi connectivity index (χ4n) is 3.81. The van der Waals surface area contributed by atoms with Gasteiger partial charge in [0.15, 0.2) is 11.6 Å². The van der Waals surface area contributed by atoms with E-state index in [2.05, 4.69) is 15.1 Å². The second-order valence-electron chi connectivity index (χ2n) is 8.65. The van der Waals surface area contributed by atoms with E-state index in [9.17, 15) is 13.2 Å². The molecule has 0 unspecified atom stereocenters. The number of nitrogens with one attached hydrogen (secondary N) is 1. The molecule has 1 saturated carbocycles. The van der Waals surface area contributed by atoms with E-state index in [-0.39, 0.29) is 0 Å². The average molecular weight is 542 g/mol. The molecule has 0 atom stereocenters. The fraction of sp³-hybridized carbons (Fsp3) is 0.375. The van der Waals surface area contributed by atoms with E-state index in [4.69, 9.17) is 43.1 Å². The smallest absolute Gasteiger partial charge is 0.475 e. The van der Waals surface area contributed by atoms with Crippen molar-refractivity contribution in [3.05, 3.63) is 58.1 Å². The summed E-state index contributed by atoms with van der Waals surface area (Å²) in [7, 11) is 0. The van der Waals surface area contributed by atoms with Crippen LogP contribution in [0.25, 0.3) is 11.0 Å². The molecule has 0 bridgehead atoms. The van der Waals surface area contributed by atoms with Crippen molar-refractivity contribution < 1.29 is 23.1 Å². The molecule has 2 N–H and O–H groups in total. The Labute approximate surface area is 215 Å². The maximum atomic E-state index is 10.6. The van der Waals surface area contributed by atoms with Gasteiger partial charge in [-0.15, -0.1) is 0 Å². The van der Waals surface area contributed by atoms with E-state index < -0.39 is 12.1 Å². The number of hydrogen-bond acceptors (Lipinski definition) is 6. The molecule has 2 aliphatic rings. The summed E-state index contributed by atoms with van der Waals surface area (Å²) in [4.78, 5) is 23.5. The highest BCUT2D eigenvalue weighted by atomic mass is 35.5. The number of aliphatic carboxylic acids is 1. The lowest BCUT2D eigenvalue weighted by Gasteiger charge is -2.36. The third-order valence-electron chi connectivity index (χ3n) is 5.71. The van der Waals surface area contributed by atoms with Crippen LogP contribution in [-0.4, -0.2) is 64.3 Å². The van der Waals surface area contributed by atoms with Crippen molar-refractivity contribution in [2.45, 2.75) is 31.6 Å². The van der Waals surface area contributed by atoms with Gasteiger partial charge in [0.2, 0.25) is 0 Å². The molecule has 1 aromatic heterocycles. The third kappa shape index (κ3) is 7.11. The number of nitrogens with zero attached hydrogens (tertiary/aromatic N) is 4. The van der Waals surface area contributed by atoms with Crippen molar-refractivity contribution in [2.75, 3.05) is 36.4 Å². The van der Waals surface area contributed by atoms with Crippen LogP contribution in [0.5, 0.6) is 0 Å². The Morgan fingerprint density at radius 1 is 1.00 bits per heavy atom. The number of fused-ring (bicyclic) bond motifs is 1. The van der Waals surface area contributed by atoms with Crippen molar-refractivity contribution >= 4 is 51.8 Å². The van der Waals surface area contributed by atoms with Gasteiger partial charge in [-0.25, -0.2) is 14.8 Å². The monoisotopic (exact) mass is 541 g/mol.